The molecule has 1 rings (SSSR count). The lowest BCUT2D eigenvalue weighted by atomic mass is 9.97. The quantitative estimate of drug-likeness (QED) is 0.567. The molecule has 1 aliphatic rings. The fraction of sp³-hybridized carbons (Fsp3) is 0.636. The molecule has 1 fully saturated rings. The van der Waals surface area contributed by atoms with Crippen LogP contribution in [0.5, 0.6) is 0 Å². The molecule has 1 heterocycles. The second-order valence-corrected chi connectivity index (χ2v) is 3.83. The van der Waals surface area contributed by atoms with Crippen molar-refractivity contribution < 1.29 is 14.7 Å². The monoisotopic (exact) mass is 224 g/mol. The first-order valence-electron chi connectivity index (χ1n) is 5.32. The van der Waals surface area contributed by atoms with Gasteiger partial charge in [0, 0.05) is 12.3 Å². The largest absolute Gasteiger partial charge is 0.480 e. The van der Waals surface area contributed by atoms with Crippen LogP contribution in [0.2, 0.25) is 0 Å². The molecule has 5 heteroatoms. The van der Waals surface area contributed by atoms with E-state index in [-0.39, 0.29) is 18.2 Å². The maximum atomic E-state index is 11.7. The van der Waals surface area contributed by atoms with Gasteiger partial charge in [-0.25, -0.2) is 4.79 Å². The molecular formula is C11H16N2O3. The standard InChI is InChI=1S/C11H16N2O3/c1-2-3-9(11(15)16)13-10(14)8-4-6-12-7-5-8/h1,8-9,12H,3-7H2,(H,13,14)(H,15,16). The molecule has 16 heavy (non-hydrogen) atoms. The summed E-state index contributed by atoms with van der Waals surface area (Å²) in [6.07, 6.45) is 6.56. The van der Waals surface area contributed by atoms with Crippen LogP contribution < -0.4 is 10.6 Å². The molecule has 0 aliphatic carbocycles. The molecule has 3 N–H and O–H groups in total. The van der Waals surface area contributed by atoms with E-state index in [1.54, 1.807) is 0 Å². The molecule has 0 aromatic heterocycles. The van der Waals surface area contributed by atoms with Gasteiger partial charge in [0.15, 0.2) is 0 Å². The van der Waals surface area contributed by atoms with Crippen LogP contribution in [0.3, 0.4) is 0 Å². The van der Waals surface area contributed by atoms with Crippen LogP contribution in [0.25, 0.3) is 0 Å². The second-order valence-electron chi connectivity index (χ2n) is 3.83. The first-order chi connectivity index (χ1) is 7.65. The lowest BCUT2D eigenvalue weighted by Crippen LogP contribution is -2.45. The van der Waals surface area contributed by atoms with Gasteiger partial charge in [-0.15, -0.1) is 12.3 Å². The van der Waals surface area contributed by atoms with Gasteiger partial charge in [0.1, 0.15) is 6.04 Å². The number of carbonyl (C=O) groups is 2. The van der Waals surface area contributed by atoms with E-state index in [0.29, 0.717) is 0 Å². The average Bonchev–Trinajstić information content (AvgIpc) is 2.29. The number of piperidine rings is 1. The SMILES string of the molecule is C#CCC(NC(=O)C1CCNCC1)C(=O)O. The molecule has 0 bridgehead atoms. The van der Waals surface area contributed by atoms with Gasteiger partial charge in [0.25, 0.3) is 0 Å². The van der Waals surface area contributed by atoms with E-state index in [9.17, 15) is 9.59 Å². The van der Waals surface area contributed by atoms with Crippen molar-refractivity contribution in [1.82, 2.24) is 10.6 Å². The molecular weight excluding hydrogens is 208 g/mol. The Bertz CT molecular complexity index is 303. The number of amides is 1. The second kappa shape index (κ2) is 6.13. The summed E-state index contributed by atoms with van der Waals surface area (Å²) in [6, 6.07) is -0.965. The van der Waals surface area contributed by atoms with Crippen molar-refractivity contribution in [3.8, 4) is 12.3 Å². The Morgan fingerprint density at radius 1 is 1.50 bits per heavy atom. The van der Waals surface area contributed by atoms with Gasteiger partial charge < -0.3 is 15.7 Å². The molecule has 1 saturated heterocycles. The summed E-state index contributed by atoms with van der Waals surface area (Å²) < 4.78 is 0. The van der Waals surface area contributed by atoms with Crippen molar-refractivity contribution in [3.05, 3.63) is 0 Å². The number of carboxylic acid groups (broad SMARTS) is 1. The minimum Gasteiger partial charge on any atom is -0.480 e. The van der Waals surface area contributed by atoms with E-state index in [1.807, 2.05) is 0 Å². The van der Waals surface area contributed by atoms with Gasteiger partial charge in [0.05, 0.1) is 0 Å². The van der Waals surface area contributed by atoms with Crippen molar-refractivity contribution in [3.63, 3.8) is 0 Å². The van der Waals surface area contributed by atoms with Crippen LogP contribution in [0.4, 0.5) is 0 Å². The zero-order valence-electron chi connectivity index (χ0n) is 9.03. The topological polar surface area (TPSA) is 78.4 Å². The van der Waals surface area contributed by atoms with Crippen molar-refractivity contribution in [2.24, 2.45) is 5.92 Å². The third-order valence-corrected chi connectivity index (χ3v) is 2.65. The summed E-state index contributed by atoms with van der Waals surface area (Å²) in [4.78, 5) is 22.5. The van der Waals surface area contributed by atoms with Crippen LogP contribution in [0.15, 0.2) is 0 Å². The van der Waals surface area contributed by atoms with E-state index in [4.69, 9.17) is 11.5 Å². The predicted octanol–water partition coefficient (Wildman–Crippen LogP) is -0.421. The summed E-state index contributed by atoms with van der Waals surface area (Å²) >= 11 is 0. The van der Waals surface area contributed by atoms with E-state index in [0.717, 1.165) is 25.9 Å². The predicted molar refractivity (Wildman–Crippen MR) is 58.6 cm³/mol. The number of terminal acetylenes is 1. The lowest BCUT2D eigenvalue weighted by molar-refractivity contribution is -0.142. The first kappa shape index (κ1) is 12.5. The Balaban J connectivity index is 2.47. The normalized spacial score (nSPS) is 18.4. The van der Waals surface area contributed by atoms with E-state index in [1.165, 1.54) is 0 Å². The third kappa shape index (κ3) is 3.55. The van der Waals surface area contributed by atoms with Crippen molar-refractivity contribution in [2.45, 2.75) is 25.3 Å². The molecule has 1 aliphatic heterocycles. The van der Waals surface area contributed by atoms with Crippen molar-refractivity contribution in [1.29, 1.82) is 0 Å². The number of hydrogen-bond donors (Lipinski definition) is 3. The minimum atomic E-state index is -1.08. The summed E-state index contributed by atoms with van der Waals surface area (Å²) in [7, 11) is 0. The zero-order chi connectivity index (χ0) is 12.0. The first-order valence-corrected chi connectivity index (χ1v) is 5.32. The highest BCUT2D eigenvalue weighted by atomic mass is 16.4. The molecule has 88 valence electrons. The highest BCUT2D eigenvalue weighted by molar-refractivity contribution is 5.85. The number of nitrogens with one attached hydrogen (secondary N) is 2. The van der Waals surface area contributed by atoms with Crippen LogP contribution in [0.1, 0.15) is 19.3 Å². The number of carbonyl (C=O) groups excluding carboxylic acids is 1. The Morgan fingerprint density at radius 2 is 2.12 bits per heavy atom. The van der Waals surface area contributed by atoms with Crippen molar-refractivity contribution in [2.75, 3.05) is 13.1 Å². The van der Waals surface area contributed by atoms with E-state index in [2.05, 4.69) is 16.6 Å². The van der Waals surface area contributed by atoms with Crippen LogP contribution in [0, 0.1) is 18.3 Å². The van der Waals surface area contributed by atoms with Gasteiger partial charge in [-0.2, -0.15) is 0 Å². The van der Waals surface area contributed by atoms with Gasteiger partial charge in [-0.05, 0) is 25.9 Å². The molecule has 0 aromatic rings. The maximum absolute atomic E-state index is 11.7. The van der Waals surface area contributed by atoms with Gasteiger partial charge >= 0.3 is 5.97 Å². The van der Waals surface area contributed by atoms with Gasteiger partial charge in [0.2, 0.25) is 5.91 Å². The molecule has 0 spiro atoms. The van der Waals surface area contributed by atoms with Gasteiger partial charge in [-0.3, -0.25) is 4.79 Å². The highest BCUT2D eigenvalue weighted by Crippen LogP contribution is 2.11. The van der Waals surface area contributed by atoms with Crippen LogP contribution >= 0.6 is 0 Å². The molecule has 0 aromatic carbocycles. The van der Waals surface area contributed by atoms with Crippen LogP contribution in [-0.2, 0) is 9.59 Å². The van der Waals surface area contributed by atoms with Crippen molar-refractivity contribution >= 4 is 11.9 Å². The molecule has 0 radical (unpaired) electrons. The number of carboxylic acids is 1. The fourth-order valence-electron chi connectivity index (χ4n) is 1.69. The zero-order valence-corrected chi connectivity index (χ0v) is 9.03. The smallest absolute Gasteiger partial charge is 0.327 e. The summed E-state index contributed by atoms with van der Waals surface area (Å²) in [5.74, 6) is 0.866. The third-order valence-electron chi connectivity index (χ3n) is 2.65. The summed E-state index contributed by atoms with van der Waals surface area (Å²) in [6.45, 7) is 1.59. The summed E-state index contributed by atoms with van der Waals surface area (Å²) in [5.41, 5.74) is 0. The van der Waals surface area contributed by atoms with E-state index < -0.39 is 12.0 Å². The molecule has 1 atom stereocenters. The molecule has 5 nitrogen and oxygen atoms in total. The molecule has 1 amide bonds. The molecule has 1 unspecified atom stereocenters. The Kier molecular flexibility index (Phi) is 4.80. The average molecular weight is 224 g/mol. The maximum Gasteiger partial charge on any atom is 0.327 e. The molecule has 0 saturated carbocycles. The fourth-order valence-corrected chi connectivity index (χ4v) is 1.69. The summed E-state index contributed by atoms with van der Waals surface area (Å²) in [5, 5.41) is 14.4. The Labute approximate surface area is 94.6 Å². The Hall–Kier alpha value is -1.54. The highest BCUT2D eigenvalue weighted by Gasteiger charge is 2.25. The number of aliphatic carboxylic acids is 1. The van der Waals surface area contributed by atoms with Crippen LogP contribution in [-0.4, -0.2) is 36.1 Å². The Morgan fingerprint density at radius 3 is 2.62 bits per heavy atom. The number of hydrogen-bond acceptors (Lipinski definition) is 3. The van der Waals surface area contributed by atoms with E-state index >= 15 is 0 Å². The van der Waals surface area contributed by atoms with Gasteiger partial charge in [-0.1, -0.05) is 0 Å². The minimum absolute atomic E-state index is 0.0199. The number of rotatable bonds is 4. The lowest BCUT2D eigenvalue weighted by Gasteiger charge is -2.23.